The van der Waals surface area contributed by atoms with Crippen LogP contribution in [0.2, 0.25) is 0 Å². The molecule has 0 radical (unpaired) electrons. The number of hydrogen-bond donors (Lipinski definition) is 1. The van der Waals surface area contributed by atoms with Gasteiger partial charge in [0.25, 0.3) is 0 Å². The number of likely N-dealkylation sites (tertiary alicyclic amines) is 1. The molecule has 0 aromatic carbocycles. The van der Waals surface area contributed by atoms with Crippen LogP contribution in [0.4, 0.5) is 0 Å². The molecule has 1 aliphatic rings. The highest BCUT2D eigenvalue weighted by Crippen LogP contribution is 2.12. The first-order chi connectivity index (χ1) is 8.13. The van der Waals surface area contributed by atoms with E-state index in [2.05, 4.69) is 20.4 Å². The summed E-state index contributed by atoms with van der Waals surface area (Å²) < 4.78 is 4.94. The molecule has 1 unspecified atom stereocenters. The van der Waals surface area contributed by atoms with Gasteiger partial charge in [0.15, 0.2) is 5.82 Å². The summed E-state index contributed by atoms with van der Waals surface area (Å²) in [5.74, 6) is 1.34. The second-order valence-electron chi connectivity index (χ2n) is 4.50. The summed E-state index contributed by atoms with van der Waals surface area (Å²) in [5, 5.41) is 6.84. The van der Waals surface area contributed by atoms with Gasteiger partial charge in [-0.25, -0.2) is 0 Å². The van der Waals surface area contributed by atoms with Gasteiger partial charge in [-0.1, -0.05) is 5.16 Å². The first-order valence-corrected chi connectivity index (χ1v) is 5.92. The van der Waals surface area contributed by atoms with Gasteiger partial charge in [-0.3, -0.25) is 9.69 Å². The number of carbonyl (C=O) groups is 1. The fourth-order valence-corrected chi connectivity index (χ4v) is 2.21. The smallest absolute Gasteiger partial charge is 0.223 e. The molecular weight excluding hydrogens is 220 g/mol. The fraction of sp³-hybridized carbons (Fsp3) is 0.727. The normalized spacial score (nSPS) is 21.4. The molecule has 1 aliphatic heterocycles. The van der Waals surface area contributed by atoms with Crippen molar-refractivity contribution in [1.82, 2.24) is 20.4 Å². The molecule has 1 amide bonds. The number of hydrogen-bond acceptors (Lipinski definition) is 5. The minimum atomic E-state index is 0.0345. The van der Waals surface area contributed by atoms with Crippen LogP contribution in [0, 0.1) is 6.92 Å². The summed E-state index contributed by atoms with van der Waals surface area (Å²) in [6.45, 7) is 5.90. The van der Waals surface area contributed by atoms with Crippen LogP contribution in [0.5, 0.6) is 0 Å². The third-order valence-electron chi connectivity index (χ3n) is 2.85. The van der Waals surface area contributed by atoms with Gasteiger partial charge in [-0.15, -0.1) is 0 Å². The van der Waals surface area contributed by atoms with Crippen LogP contribution in [0.25, 0.3) is 0 Å². The molecule has 1 aromatic heterocycles. The van der Waals surface area contributed by atoms with Crippen LogP contribution in [-0.4, -0.2) is 40.1 Å². The van der Waals surface area contributed by atoms with Crippen molar-refractivity contribution in [3.05, 3.63) is 11.7 Å². The van der Waals surface area contributed by atoms with Gasteiger partial charge in [0.2, 0.25) is 11.8 Å². The molecular formula is C11H18N4O2. The van der Waals surface area contributed by atoms with Crippen molar-refractivity contribution >= 4 is 5.91 Å². The van der Waals surface area contributed by atoms with Crippen LogP contribution in [-0.2, 0) is 11.3 Å². The predicted molar refractivity (Wildman–Crippen MR) is 61.2 cm³/mol. The molecule has 0 spiro atoms. The van der Waals surface area contributed by atoms with Crippen molar-refractivity contribution < 1.29 is 9.32 Å². The van der Waals surface area contributed by atoms with Gasteiger partial charge in [-0.05, 0) is 19.4 Å². The van der Waals surface area contributed by atoms with Crippen LogP contribution >= 0.6 is 0 Å². The van der Waals surface area contributed by atoms with Crippen molar-refractivity contribution in [3.8, 4) is 0 Å². The van der Waals surface area contributed by atoms with Gasteiger partial charge < -0.3 is 9.84 Å². The first-order valence-electron chi connectivity index (χ1n) is 5.92. The Morgan fingerprint density at radius 2 is 2.47 bits per heavy atom. The Morgan fingerprint density at radius 1 is 1.65 bits per heavy atom. The quantitative estimate of drug-likeness (QED) is 0.829. The summed E-state index contributed by atoms with van der Waals surface area (Å²) in [6, 6.07) is 0.245. The number of amides is 1. The second kappa shape index (κ2) is 5.27. The Morgan fingerprint density at radius 3 is 3.12 bits per heavy atom. The zero-order valence-corrected chi connectivity index (χ0v) is 10.3. The maximum absolute atomic E-state index is 11.0. The summed E-state index contributed by atoms with van der Waals surface area (Å²) >= 11 is 0. The van der Waals surface area contributed by atoms with E-state index in [4.69, 9.17) is 4.52 Å². The maximum Gasteiger partial charge on any atom is 0.223 e. The molecule has 0 saturated carbocycles. The predicted octanol–water partition coefficient (Wildman–Crippen LogP) is 0.479. The Bertz CT molecular complexity index is 391. The minimum absolute atomic E-state index is 0.0345. The number of nitrogens with zero attached hydrogens (tertiary/aromatic N) is 3. The third kappa shape index (κ3) is 3.52. The third-order valence-corrected chi connectivity index (χ3v) is 2.85. The molecule has 6 nitrogen and oxygen atoms in total. The molecule has 1 N–H and O–H groups in total. The van der Waals surface area contributed by atoms with Gasteiger partial charge in [-0.2, -0.15) is 4.98 Å². The van der Waals surface area contributed by atoms with Crippen LogP contribution in [0.15, 0.2) is 4.52 Å². The summed E-state index contributed by atoms with van der Waals surface area (Å²) in [4.78, 5) is 17.4. The number of rotatable bonds is 3. The lowest BCUT2D eigenvalue weighted by Gasteiger charge is -2.31. The molecule has 1 atom stereocenters. The zero-order chi connectivity index (χ0) is 12.3. The number of carbonyl (C=O) groups excluding carboxylic acids is 1. The largest absolute Gasteiger partial charge is 0.352 e. The van der Waals surface area contributed by atoms with Gasteiger partial charge in [0, 0.05) is 26.4 Å². The van der Waals surface area contributed by atoms with Crippen molar-refractivity contribution in [2.24, 2.45) is 0 Å². The first kappa shape index (κ1) is 12.0. The van der Waals surface area contributed by atoms with E-state index in [1.165, 1.54) is 0 Å². The lowest BCUT2D eigenvalue weighted by Crippen LogP contribution is -2.46. The lowest BCUT2D eigenvalue weighted by molar-refractivity contribution is -0.120. The van der Waals surface area contributed by atoms with Gasteiger partial charge in [0.1, 0.15) is 0 Å². The van der Waals surface area contributed by atoms with E-state index in [0.717, 1.165) is 25.9 Å². The number of aromatic nitrogens is 2. The number of aryl methyl sites for hydroxylation is 1. The molecule has 1 fully saturated rings. The van der Waals surface area contributed by atoms with Crippen LogP contribution in [0.3, 0.4) is 0 Å². The van der Waals surface area contributed by atoms with E-state index in [1.54, 1.807) is 13.8 Å². The maximum atomic E-state index is 11.0. The van der Waals surface area contributed by atoms with Gasteiger partial charge in [0.05, 0.1) is 6.54 Å². The minimum Gasteiger partial charge on any atom is -0.352 e. The average molecular weight is 238 g/mol. The molecule has 94 valence electrons. The Balaban J connectivity index is 1.87. The van der Waals surface area contributed by atoms with Crippen molar-refractivity contribution in [1.29, 1.82) is 0 Å². The van der Waals surface area contributed by atoms with Crippen molar-refractivity contribution in [2.45, 2.75) is 39.3 Å². The van der Waals surface area contributed by atoms with E-state index < -0.39 is 0 Å². The highest BCUT2D eigenvalue weighted by atomic mass is 16.5. The fourth-order valence-electron chi connectivity index (χ4n) is 2.21. The standard InChI is InChI=1S/C11H18N4O2/c1-8(16)12-10-4-3-5-15(6-10)7-11-13-9(2)17-14-11/h10H,3-7H2,1-2H3,(H,12,16). The second-order valence-corrected chi connectivity index (χ2v) is 4.50. The SMILES string of the molecule is CC(=O)NC1CCCN(Cc2noc(C)n2)C1. The Labute approximate surface area is 100 Å². The molecule has 1 saturated heterocycles. The van der Waals surface area contributed by atoms with E-state index in [9.17, 15) is 4.79 Å². The highest BCUT2D eigenvalue weighted by molar-refractivity contribution is 5.73. The Kier molecular flexibility index (Phi) is 3.73. The summed E-state index contributed by atoms with van der Waals surface area (Å²) in [5.41, 5.74) is 0. The van der Waals surface area contributed by atoms with Gasteiger partial charge >= 0.3 is 0 Å². The Hall–Kier alpha value is -1.43. The van der Waals surface area contributed by atoms with Crippen molar-refractivity contribution in [2.75, 3.05) is 13.1 Å². The monoisotopic (exact) mass is 238 g/mol. The molecule has 6 heteroatoms. The van der Waals surface area contributed by atoms with E-state index in [0.29, 0.717) is 18.3 Å². The van der Waals surface area contributed by atoms with Crippen LogP contribution in [0.1, 0.15) is 31.5 Å². The molecule has 2 heterocycles. The topological polar surface area (TPSA) is 71.3 Å². The number of nitrogens with one attached hydrogen (secondary N) is 1. The van der Waals surface area contributed by atoms with Crippen LogP contribution < -0.4 is 5.32 Å². The zero-order valence-electron chi connectivity index (χ0n) is 10.3. The molecule has 17 heavy (non-hydrogen) atoms. The summed E-state index contributed by atoms with van der Waals surface area (Å²) in [7, 11) is 0. The molecule has 0 aliphatic carbocycles. The number of piperidine rings is 1. The highest BCUT2D eigenvalue weighted by Gasteiger charge is 2.21. The molecule has 2 rings (SSSR count). The van der Waals surface area contributed by atoms with E-state index >= 15 is 0 Å². The lowest BCUT2D eigenvalue weighted by atomic mass is 10.1. The molecule has 0 bridgehead atoms. The van der Waals surface area contributed by atoms with E-state index in [1.807, 2.05) is 0 Å². The summed E-state index contributed by atoms with van der Waals surface area (Å²) in [6.07, 6.45) is 2.13. The van der Waals surface area contributed by atoms with E-state index in [-0.39, 0.29) is 11.9 Å². The van der Waals surface area contributed by atoms with Crippen molar-refractivity contribution in [3.63, 3.8) is 0 Å². The molecule has 1 aromatic rings. The average Bonchev–Trinajstić information content (AvgIpc) is 2.63.